The number of rotatable bonds is 8. The number of para-hydroxylation sites is 1. The molecule has 0 bridgehead atoms. The van der Waals surface area contributed by atoms with Gasteiger partial charge in [0.25, 0.3) is 11.8 Å². The Morgan fingerprint density at radius 3 is 2.21 bits per heavy atom. The van der Waals surface area contributed by atoms with E-state index < -0.39 is 0 Å². The van der Waals surface area contributed by atoms with Crippen LogP contribution in [0.2, 0.25) is 0 Å². The number of amides is 3. The highest BCUT2D eigenvalue weighted by Crippen LogP contribution is 2.20. The number of nitrogens with one attached hydrogen (secondary N) is 2. The molecule has 3 amide bonds. The van der Waals surface area contributed by atoms with Crippen LogP contribution < -0.4 is 15.4 Å². The monoisotopic (exact) mass is 451 g/mol. The molecule has 176 valence electrons. The minimum atomic E-state index is -0.300. The number of likely N-dealkylation sites (tertiary alicyclic amines) is 1. The van der Waals surface area contributed by atoms with Crippen LogP contribution in [-0.4, -0.2) is 48.9 Å². The van der Waals surface area contributed by atoms with Crippen molar-refractivity contribution < 1.29 is 19.1 Å². The Balaban J connectivity index is 1.60. The van der Waals surface area contributed by atoms with E-state index in [4.69, 9.17) is 4.74 Å². The maximum absolute atomic E-state index is 13.0. The lowest BCUT2D eigenvalue weighted by atomic mass is 9.98. The van der Waals surface area contributed by atoms with Crippen molar-refractivity contribution in [2.45, 2.75) is 45.6 Å². The van der Waals surface area contributed by atoms with Crippen molar-refractivity contribution in [2.75, 3.05) is 25.5 Å². The Hall–Kier alpha value is -3.35. The lowest BCUT2D eigenvalue weighted by Crippen LogP contribution is -2.48. The lowest BCUT2D eigenvalue weighted by molar-refractivity contribution is -0.136. The Morgan fingerprint density at radius 2 is 1.61 bits per heavy atom. The number of hydrogen-bond acceptors (Lipinski definition) is 4. The van der Waals surface area contributed by atoms with E-state index in [1.807, 2.05) is 18.7 Å². The number of methoxy groups -OCH3 is 1. The van der Waals surface area contributed by atoms with Crippen LogP contribution in [0.5, 0.6) is 5.75 Å². The normalized spacial score (nSPS) is 14.1. The van der Waals surface area contributed by atoms with Gasteiger partial charge in [0.1, 0.15) is 5.75 Å². The van der Waals surface area contributed by atoms with Crippen LogP contribution in [0.4, 0.5) is 5.69 Å². The van der Waals surface area contributed by atoms with Crippen LogP contribution in [0.1, 0.15) is 60.2 Å². The van der Waals surface area contributed by atoms with Crippen molar-refractivity contribution in [1.82, 2.24) is 10.2 Å². The molecule has 1 fully saturated rings. The van der Waals surface area contributed by atoms with Gasteiger partial charge in [-0.2, -0.15) is 0 Å². The summed E-state index contributed by atoms with van der Waals surface area (Å²) in [7, 11) is 1.57. The molecule has 7 heteroatoms. The summed E-state index contributed by atoms with van der Waals surface area (Å²) in [5.74, 6) is 0.434. The van der Waals surface area contributed by atoms with Crippen molar-refractivity contribution in [3.8, 4) is 5.75 Å². The summed E-state index contributed by atoms with van der Waals surface area (Å²) >= 11 is 0. The Labute approximate surface area is 195 Å². The van der Waals surface area contributed by atoms with Crippen molar-refractivity contribution >= 4 is 23.4 Å². The number of piperidine rings is 1. The molecule has 1 saturated heterocycles. The molecule has 0 atom stereocenters. The highest BCUT2D eigenvalue weighted by molar-refractivity contribution is 6.09. The van der Waals surface area contributed by atoms with E-state index in [0.717, 1.165) is 25.7 Å². The van der Waals surface area contributed by atoms with E-state index in [1.54, 1.807) is 55.6 Å². The fraction of sp³-hybridized carbons (Fsp3) is 0.423. The molecular formula is C26H33N3O4. The van der Waals surface area contributed by atoms with Gasteiger partial charge < -0.3 is 20.3 Å². The lowest BCUT2D eigenvalue weighted by Gasteiger charge is -2.34. The van der Waals surface area contributed by atoms with E-state index in [-0.39, 0.29) is 29.7 Å². The number of anilines is 1. The topological polar surface area (TPSA) is 87.7 Å². The summed E-state index contributed by atoms with van der Waals surface area (Å²) in [5, 5.41) is 5.91. The number of hydrogen-bond donors (Lipinski definition) is 2. The number of carbonyl (C=O) groups excluding carboxylic acids is 3. The first-order valence-corrected chi connectivity index (χ1v) is 11.6. The maximum atomic E-state index is 13.0. The predicted molar refractivity (Wildman–Crippen MR) is 129 cm³/mol. The summed E-state index contributed by atoms with van der Waals surface area (Å²) in [4.78, 5) is 40.2. The smallest absolute Gasteiger partial charge is 0.255 e. The first kappa shape index (κ1) is 24.3. The summed E-state index contributed by atoms with van der Waals surface area (Å²) < 4.78 is 5.13. The third-order valence-corrected chi connectivity index (χ3v) is 6.25. The van der Waals surface area contributed by atoms with Crippen LogP contribution >= 0.6 is 0 Å². The van der Waals surface area contributed by atoms with Gasteiger partial charge in [-0.25, -0.2) is 0 Å². The van der Waals surface area contributed by atoms with Crippen molar-refractivity contribution in [2.24, 2.45) is 5.92 Å². The van der Waals surface area contributed by atoms with Crippen LogP contribution in [0.3, 0.4) is 0 Å². The zero-order chi connectivity index (χ0) is 23.8. The molecule has 0 radical (unpaired) electrons. The van der Waals surface area contributed by atoms with Gasteiger partial charge in [0.15, 0.2) is 0 Å². The summed E-state index contributed by atoms with van der Waals surface area (Å²) in [6.45, 7) is 5.39. The highest BCUT2D eigenvalue weighted by Gasteiger charge is 2.27. The molecule has 1 heterocycles. The molecule has 2 aromatic rings. The minimum Gasteiger partial charge on any atom is -0.497 e. The average molecular weight is 452 g/mol. The summed E-state index contributed by atoms with van der Waals surface area (Å²) in [5.41, 5.74) is 1.34. The van der Waals surface area contributed by atoms with Gasteiger partial charge in [-0.3, -0.25) is 14.4 Å². The molecule has 2 N–H and O–H groups in total. The number of benzene rings is 2. The number of nitrogens with zero attached hydrogens (tertiary/aromatic N) is 1. The average Bonchev–Trinajstić information content (AvgIpc) is 2.85. The third kappa shape index (κ3) is 6.12. The van der Waals surface area contributed by atoms with Gasteiger partial charge in [-0.05, 0) is 62.1 Å². The summed E-state index contributed by atoms with van der Waals surface area (Å²) in [6.07, 6.45) is 3.14. The minimum absolute atomic E-state index is 0.00593. The second kappa shape index (κ2) is 11.5. The molecular weight excluding hydrogens is 418 g/mol. The molecule has 7 nitrogen and oxygen atoms in total. The van der Waals surface area contributed by atoms with Gasteiger partial charge in [-0.1, -0.05) is 26.0 Å². The molecule has 2 aromatic carbocycles. The standard InChI is InChI=1S/C26H33N3O4/c1-4-18(5-2)26(32)29-16-14-20(15-17-29)27-25(31)22-8-6-7-9-23(22)28-24(30)19-10-12-21(33-3)13-11-19/h6-13,18,20H,4-5,14-17H2,1-3H3,(H,27,31)(H,28,30). The van der Waals surface area contributed by atoms with Gasteiger partial charge >= 0.3 is 0 Å². The number of ether oxygens (including phenoxy) is 1. The molecule has 0 aromatic heterocycles. The zero-order valence-corrected chi connectivity index (χ0v) is 19.6. The molecule has 33 heavy (non-hydrogen) atoms. The van der Waals surface area contributed by atoms with Crippen molar-refractivity contribution in [1.29, 1.82) is 0 Å². The van der Waals surface area contributed by atoms with Crippen molar-refractivity contribution in [3.05, 3.63) is 59.7 Å². The Morgan fingerprint density at radius 1 is 0.970 bits per heavy atom. The molecule has 0 saturated carbocycles. The zero-order valence-electron chi connectivity index (χ0n) is 19.6. The van der Waals surface area contributed by atoms with Gasteiger partial charge in [0.05, 0.1) is 18.4 Å². The van der Waals surface area contributed by atoms with Crippen LogP contribution in [0.15, 0.2) is 48.5 Å². The van der Waals surface area contributed by atoms with E-state index >= 15 is 0 Å². The predicted octanol–water partition coefficient (Wildman–Crippen LogP) is 4.10. The molecule has 1 aliphatic rings. The first-order chi connectivity index (χ1) is 16.0. The van der Waals surface area contributed by atoms with Gasteiger partial charge in [0.2, 0.25) is 5.91 Å². The van der Waals surface area contributed by atoms with Crippen molar-refractivity contribution in [3.63, 3.8) is 0 Å². The SMILES string of the molecule is CCC(CC)C(=O)N1CCC(NC(=O)c2ccccc2NC(=O)c2ccc(OC)cc2)CC1. The maximum Gasteiger partial charge on any atom is 0.255 e. The Bertz CT molecular complexity index is 962. The summed E-state index contributed by atoms with van der Waals surface area (Å²) in [6, 6.07) is 13.7. The first-order valence-electron chi connectivity index (χ1n) is 11.6. The quantitative estimate of drug-likeness (QED) is 0.632. The fourth-order valence-electron chi connectivity index (χ4n) is 4.13. The van der Waals surface area contributed by atoms with E-state index in [0.29, 0.717) is 35.7 Å². The fourth-order valence-corrected chi connectivity index (χ4v) is 4.13. The molecule has 3 rings (SSSR count). The van der Waals surface area contributed by atoms with E-state index in [9.17, 15) is 14.4 Å². The van der Waals surface area contributed by atoms with Gasteiger partial charge in [0, 0.05) is 30.6 Å². The molecule has 0 spiro atoms. The Kier molecular flexibility index (Phi) is 8.46. The largest absolute Gasteiger partial charge is 0.497 e. The molecule has 1 aliphatic heterocycles. The van der Waals surface area contributed by atoms with Crippen LogP contribution in [0.25, 0.3) is 0 Å². The second-order valence-electron chi connectivity index (χ2n) is 8.31. The van der Waals surface area contributed by atoms with E-state index in [1.165, 1.54) is 0 Å². The van der Waals surface area contributed by atoms with Crippen LogP contribution in [-0.2, 0) is 4.79 Å². The molecule has 0 aliphatic carbocycles. The second-order valence-corrected chi connectivity index (χ2v) is 8.31. The van der Waals surface area contributed by atoms with E-state index in [2.05, 4.69) is 10.6 Å². The van der Waals surface area contributed by atoms with Gasteiger partial charge in [-0.15, -0.1) is 0 Å². The molecule has 0 unspecified atom stereocenters. The third-order valence-electron chi connectivity index (χ3n) is 6.25. The number of carbonyl (C=O) groups is 3. The highest BCUT2D eigenvalue weighted by atomic mass is 16.5. The van der Waals surface area contributed by atoms with Crippen LogP contribution in [0, 0.1) is 5.92 Å².